The Bertz CT molecular complexity index is 1170. The molecular formula is C23H27Cl4N3O4S. The number of anilines is 1. The largest absolute Gasteiger partial charge is 0.352 e. The molecule has 0 saturated carbocycles. The summed E-state index contributed by atoms with van der Waals surface area (Å²) in [5.74, 6) is -0.978. The Morgan fingerprint density at radius 2 is 1.57 bits per heavy atom. The zero-order chi connectivity index (χ0) is 26.5. The number of benzene rings is 2. The summed E-state index contributed by atoms with van der Waals surface area (Å²) in [6, 6.07) is 8.08. The predicted octanol–water partition coefficient (Wildman–Crippen LogP) is 5.40. The molecule has 0 fully saturated rings. The van der Waals surface area contributed by atoms with Gasteiger partial charge in [-0.2, -0.15) is 0 Å². The third kappa shape index (κ3) is 8.43. The summed E-state index contributed by atoms with van der Waals surface area (Å²) in [7, 11) is -3.90. The van der Waals surface area contributed by atoms with E-state index in [9.17, 15) is 18.0 Å². The molecule has 0 saturated heterocycles. The molecule has 192 valence electrons. The quantitative estimate of drug-likeness (QED) is 0.406. The van der Waals surface area contributed by atoms with Crippen molar-refractivity contribution in [3.05, 3.63) is 62.1 Å². The standard InChI is InChI=1S/C23H27Cl4N3O4S/c1-5-14(2)28-23(32)15(3)29(12-16-6-7-20(26)21(27)8-16)22(31)13-30(35(4,33)34)19-10-17(24)9-18(25)11-19/h6-11,14-15H,5,12-13H2,1-4H3,(H,28,32). The van der Waals surface area contributed by atoms with Crippen LogP contribution in [-0.2, 0) is 26.2 Å². The number of hydrogen-bond donors (Lipinski definition) is 1. The van der Waals surface area contributed by atoms with Gasteiger partial charge in [-0.15, -0.1) is 0 Å². The normalized spacial score (nSPS) is 13.1. The minimum atomic E-state index is -3.90. The monoisotopic (exact) mass is 581 g/mol. The molecule has 0 aromatic heterocycles. The molecule has 0 aliphatic rings. The highest BCUT2D eigenvalue weighted by Gasteiger charge is 2.30. The smallest absolute Gasteiger partial charge is 0.244 e. The lowest BCUT2D eigenvalue weighted by atomic mass is 10.1. The topological polar surface area (TPSA) is 86.8 Å². The number of sulfonamides is 1. The number of carbonyl (C=O) groups excluding carboxylic acids is 2. The maximum Gasteiger partial charge on any atom is 0.244 e. The van der Waals surface area contributed by atoms with E-state index in [1.165, 1.54) is 23.1 Å². The minimum absolute atomic E-state index is 0.00127. The SMILES string of the molecule is CCC(C)NC(=O)C(C)N(Cc1ccc(Cl)c(Cl)c1)C(=O)CN(c1cc(Cl)cc(Cl)c1)S(C)(=O)=O. The van der Waals surface area contributed by atoms with Crippen LogP contribution in [0.5, 0.6) is 0 Å². The fourth-order valence-electron chi connectivity index (χ4n) is 3.18. The number of hydrogen-bond acceptors (Lipinski definition) is 4. The second-order valence-corrected chi connectivity index (χ2v) is 11.8. The van der Waals surface area contributed by atoms with E-state index in [1.807, 2.05) is 13.8 Å². The van der Waals surface area contributed by atoms with Crippen molar-refractivity contribution < 1.29 is 18.0 Å². The Labute approximate surface area is 226 Å². The van der Waals surface area contributed by atoms with Gasteiger partial charge < -0.3 is 10.2 Å². The van der Waals surface area contributed by atoms with Crippen molar-refractivity contribution in [1.29, 1.82) is 0 Å². The second kappa shape index (κ2) is 12.5. The van der Waals surface area contributed by atoms with E-state index in [0.717, 1.165) is 10.6 Å². The van der Waals surface area contributed by atoms with E-state index >= 15 is 0 Å². The van der Waals surface area contributed by atoms with Gasteiger partial charge in [-0.3, -0.25) is 13.9 Å². The molecule has 0 bridgehead atoms. The van der Waals surface area contributed by atoms with Crippen LogP contribution >= 0.6 is 46.4 Å². The third-order valence-electron chi connectivity index (χ3n) is 5.32. The Kier molecular flexibility index (Phi) is 10.5. The first-order chi connectivity index (χ1) is 16.2. The van der Waals surface area contributed by atoms with Crippen LogP contribution in [-0.4, -0.2) is 50.0 Å². The van der Waals surface area contributed by atoms with Crippen LogP contribution in [0.25, 0.3) is 0 Å². The van der Waals surface area contributed by atoms with Crippen LogP contribution in [0.4, 0.5) is 5.69 Å². The summed E-state index contributed by atoms with van der Waals surface area (Å²) < 4.78 is 26.1. The zero-order valence-electron chi connectivity index (χ0n) is 19.7. The molecule has 0 radical (unpaired) electrons. The van der Waals surface area contributed by atoms with E-state index in [-0.39, 0.29) is 34.2 Å². The average Bonchev–Trinajstić information content (AvgIpc) is 2.75. The lowest BCUT2D eigenvalue weighted by molar-refractivity contribution is -0.139. The molecule has 0 heterocycles. The summed E-state index contributed by atoms with van der Waals surface area (Å²) in [5, 5.41) is 3.91. The van der Waals surface area contributed by atoms with Gasteiger partial charge in [0.1, 0.15) is 12.6 Å². The zero-order valence-corrected chi connectivity index (χ0v) is 23.5. The Morgan fingerprint density at radius 1 is 0.971 bits per heavy atom. The molecule has 7 nitrogen and oxygen atoms in total. The van der Waals surface area contributed by atoms with Gasteiger partial charge in [0.2, 0.25) is 21.8 Å². The van der Waals surface area contributed by atoms with Gasteiger partial charge in [0.05, 0.1) is 22.0 Å². The van der Waals surface area contributed by atoms with Crippen molar-refractivity contribution in [3.63, 3.8) is 0 Å². The summed E-state index contributed by atoms with van der Waals surface area (Å²) >= 11 is 24.2. The maximum atomic E-state index is 13.5. The number of halogens is 4. The van der Waals surface area contributed by atoms with Crippen molar-refractivity contribution in [2.24, 2.45) is 0 Å². The molecule has 12 heteroatoms. The second-order valence-electron chi connectivity index (χ2n) is 8.16. The highest BCUT2D eigenvalue weighted by molar-refractivity contribution is 7.92. The summed E-state index contributed by atoms with van der Waals surface area (Å²) in [5.41, 5.74) is 0.747. The van der Waals surface area contributed by atoms with E-state index in [0.29, 0.717) is 22.0 Å². The molecule has 0 aliphatic heterocycles. The van der Waals surface area contributed by atoms with E-state index in [2.05, 4.69) is 5.32 Å². The van der Waals surface area contributed by atoms with Gasteiger partial charge in [0, 0.05) is 22.6 Å². The van der Waals surface area contributed by atoms with Crippen molar-refractivity contribution in [3.8, 4) is 0 Å². The Hall–Kier alpha value is -1.71. The van der Waals surface area contributed by atoms with Crippen molar-refractivity contribution in [2.75, 3.05) is 17.1 Å². The maximum absolute atomic E-state index is 13.5. The van der Waals surface area contributed by atoms with Gasteiger partial charge in [-0.25, -0.2) is 8.42 Å². The van der Waals surface area contributed by atoms with Crippen LogP contribution in [0.1, 0.15) is 32.8 Å². The van der Waals surface area contributed by atoms with Crippen molar-refractivity contribution >= 4 is 73.9 Å². The Balaban J connectivity index is 2.44. The molecule has 2 unspecified atom stereocenters. The molecule has 2 amide bonds. The lowest BCUT2D eigenvalue weighted by Crippen LogP contribution is -2.52. The molecule has 0 aliphatic carbocycles. The molecular weight excluding hydrogens is 556 g/mol. The van der Waals surface area contributed by atoms with Gasteiger partial charge in [0.15, 0.2) is 0 Å². The Morgan fingerprint density at radius 3 is 2.09 bits per heavy atom. The van der Waals surface area contributed by atoms with Crippen LogP contribution in [0.15, 0.2) is 36.4 Å². The van der Waals surface area contributed by atoms with E-state index in [4.69, 9.17) is 46.4 Å². The first kappa shape index (κ1) is 29.5. The van der Waals surface area contributed by atoms with Gasteiger partial charge >= 0.3 is 0 Å². The predicted molar refractivity (Wildman–Crippen MR) is 143 cm³/mol. The molecule has 2 atom stereocenters. The number of nitrogens with one attached hydrogen (secondary N) is 1. The highest BCUT2D eigenvalue weighted by atomic mass is 35.5. The summed E-state index contributed by atoms with van der Waals surface area (Å²) in [4.78, 5) is 27.7. The molecule has 2 aromatic carbocycles. The molecule has 2 rings (SSSR count). The summed E-state index contributed by atoms with van der Waals surface area (Å²) in [6.07, 6.45) is 1.67. The highest BCUT2D eigenvalue weighted by Crippen LogP contribution is 2.28. The van der Waals surface area contributed by atoms with Crippen LogP contribution < -0.4 is 9.62 Å². The van der Waals surface area contributed by atoms with Crippen LogP contribution in [0.2, 0.25) is 20.1 Å². The first-order valence-corrected chi connectivity index (χ1v) is 14.1. The van der Waals surface area contributed by atoms with Crippen LogP contribution in [0.3, 0.4) is 0 Å². The van der Waals surface area contributed by atoms with Crippen molar-refractivity contribution in [1.82, 2.24) is 10.2 Å². The molecule has 2 aromatic rings. The van der Waals surface area contributed by atoms with Crippen molar-refractivity contribution in [2.45, 2.75) is 45.8 Å². The van der Waals surface area contributed by atoms with Gasteiger partial charge in [0.25, 0.3) is 0 Å². The minimum Gasteiger partial charge on any atom is -0.352 e. The number of amides is 2. The molecule has 1 N–H and O–H groups in total. The van der Waals surface area contributed by atoms with Crippen LogP contribution in [0, 0.1) is 0 Å². The van der Waals surface area contributed by atoms with E-state index < -0.39 is 28.5 Å². The fraction of sp³-hybridized carbons (Fsp3) is 0.391. The third-order valence-corrected chi connectivity index (χ3v) is 7.64. The van der Waals surface area contributed by atoms with Gasteiger partial charge in [-0.1, -0.05) is 59.4 Å². The van der Waals surface area contributed by atoms with Gasteiger partial charge in [-0.05, 0) is 56.2 Å². The number of carbonyl (C=O) groups is 2. The average molecular weight is 583 g/mol. The lowest BCUT2D eigenvalue weighted by Gasteiger charge is -2.32. The number of nitrogens with zero attached hydrogens (tertiary/aromatic N) is 2. The molecule has 35 heavy (non-hydrogen) atoms. The van der Waals surface area contributed by atoms with E-state index in [1.54, 1.807) is 25.1 Å². The summed E-state index contributed by atoms with van der Waals surface area (Å²) in [6.45, 7) is 4.78. The number of rotatable bonds is 10. The fourth-order valence-corrected chi connectivity index (χ4v) is 4.85. The molecule has 0 spiro atoms. The first-order valence-electron chi connectivity index (χ1n) is 10.7.